The standard InChI is InChI=1S/C17H11BrFN3O2/c1-9(10-2-4-13(19)5-3-10)21-16(23)14-7-11-6-12(18)8-20-15(11)22-17(14)24/h2-8H,1H3,(H,20,22,24)/b21-9+. The summed E-state index contributed by atoms with van der Waals surface area (Å²) in [5.74, 6) is -1.04. The summed E-state index contributed by atoms with van der Waals surface area (Å²) in [6.07, 6.45) is 1.55. The van der Waals surface area contributed by atoms with Crippen LogP contribution in [-0.2, 0) is 0 Å². The number of halogens is 2. The Morgan fingerprint density at radius 3 is 2.67 bits per heavy atom. The van der Waals surface area contributed by atoms with Crippen LogP contribution in [0.3, 0.4) is 0 Å². The number of nitrogens with one attached hydrogen (secondary N) is 1. The van der Waals surface area contributed by atoms with Crippen LogP contribution in [0.4, 0.5) is 4.39 Å². The van der Waals surface area contributed by atoms with Crippen molar-refractivity contribution < 1.29 is 9.18 Å². The number of rotatable bonds is 2. The lowest BCUT2D eigenvalue weighted by Gasteiger charge is -2.02. The molecule has 1 aromatic carbocycles. The molecule has 0 radical (unpaired) electrons. The van der Waals surface area contributed by atoms with Crippen molar-refractivity contribution in [3.63, 3.8) is 0 Å². The second kappa shape index (κ2) is 6.45. The Labute approximate surface area is 144 Å². The van der Waals surface area contributed by atoms with Crippen LogP contribution in [-0.4, -0.2) is 21.6 Å². The smallest absolute Gasteiger partial charge is 0.282 e. The molecule has 0 saturated heterocycles. The number of carbonyl (C=O) groups is 1. The Hall–Kier alpha value is -2.67. The second-order valence-electron chi connectivity index (χ2n) is 5.11. The molecule has 0 aliphatic heterocycles. The van der Waals surface area contributed by atoms with Gasteiger partial charge in [-0.3, -0.25) is 9.59 Å². The van der Waals surface area contributed by atoms with E-state index in [2.05, 4.69) is 30.9 Å². The molecule has 0 spiro atoms. The van der Waals surface area contributed by atoms with E-state index >= 15 is 0 Å². The first-order valence-electron chi connectivity index (χ1n) is 6.98. The molecule has 0 atom stereocenters. The van der Waals surface area contributed by atoms with Crippen molar-refractivity contribution in [3.05, 3.63) is 74.4 Å². The fourth-order valence-electron chi connectivity index (χ4n) is 2.19. The van der Waals surface area contributed by atoms with Crippen LogP contribution in [0.15, 0.2) is 56.9 Å². The zero-order chi connectivity index (χ0) is 17.3. The first-order chi connectivity index (χ1) is 11.4. The van der Waals surface area contributed by atoms with Crippen LogP contribution < -0.4 is 5.56 Å². The fourth-order valence-corrected chi connectivity index (χ4v) is 2.54. The van der Waals surface area contributed by atoms with E-state index < -0.39 is 11.5 Å². The van der Waals surface area contributed by atoms with E-state index in [4.69, 9.17) is 0 Å². The number of hydrogen-bond acceptors (Lipinski definition) is 3. The van der Waals surface area contributed by atoms with E-state index in [1.807, 2.05) is 0 Å². The molecule has 3 aromatic rings. The molecule has 1 N–H and O–H groups in total. The molecule has 120 valence electrons. The third-order valence-electron chi connectivity index (χ3n) is 3.42. The summed E-state index contributed by atoms with van der Waals surface area (Å²) in [5.41, 5.74) is 0.749. The summed E-state index contributed by atoms with van der Waals surface area (Å²) in [6.45, 7) is 1.62. The SMILES string of the molecule is C/C(=N\C(=O)c1cc2cc(Br)cnc2[nH]c1=O)c1ccc(F)cc1. The van der Waals surface area contributed by atoms with Gasteiger partial charge in [-0.25, -0.2) is 14.4 Å². The number of fused-ring (bicyclic) bond motifs is 1. The Kier molecular flexibility index (Phi) is 4.35. The number of amides is 1. The molecule has 7 heteroatoms. The lowest BCUT2D eigenvalue weighted by atomic mass is 10.1. The molecular formula is C17H11BrFN3O2. The number of carbonyl (C=O) groups excluding carboxylic acids is 1. The van der Waals surface area contributed by atoms with Crippen LogP contribution in [0.25, 0.3) is 11.0 Å². The molecule has 2 heterocycles. The highest BCUT2D eigenvalue weighted by Gasteiger charge is 2.13. The first kappa shape index (κ1) is 16.2. The monoisotopic (exact) mass is 387 g/mol. The summed E-state index contributed by atoms with van der Waals surface area (Å²) in [5, 5.41) is 0.613. The maximum absolute atomic E-state index is 12.9. The van der Waals surface area contributed by atoms with Gasteiger partial charge in [0.05, 0.1) is 0 Å². The minimum absolute atomic E-state index is 0.0798. The van der Waals surface area contributed by atoms with Gasteiger partial charge in [-0.2, -0.15) is 0 Å². The molecule has 0 fully saturated rings. The van der Waals surface area contributed by atoms with E-state index in [0.29, 0.717) is 22.3 Å². The normalized spacial score (nSPS) is 11.7. The van der Waals surface area contributed by atoms with Gasteiger partial charge in [-0.15, -0.1) is 0 Å². The van der Waals surface area contributed by atoms with Gasteiger partial charge in [0.1, 0.15) is 17.0 Å². The maximum Gasteiger partial charge on any atom is 0.282 e. The molecule has 0 aliphatic carbocycles. The fraction of sp³-hybridized carbons (Fsp3) is 0.0588. The van der Waals surface area contributed by atoms with Crippen molar-refractivity contribution in [2.24, 2.45) is 4.99 Å². The number of benzene rings is 1. The quantitative estimate of drug-likeness (QED) is 0.684. The number of H-pyrrole nitrogens is 1. The summed E-state index contributed by atoms with van der Waals surface area (Å²) < 4.78 is 13.7. The van der Waals surface area contributed by atoms with Crippen molar-refractivity contribution in [3.8, 4) is 0 Å². The predicted molar refractivity (Wildman–Crippen MR) is 93.0 cm³/mol. The molecule has 5 nitrogen and oxygen atoms in total. The van der Waals surface area contributed by atoms with Gasteiger partial charge >= 0.3 is 0 Å². The third kappa shape index (κ3) is 3.30. The van der Waals surface area contributed by atoms with E-state index in [9.17, 15) is 14.0 Å². The van der Waals surface area contributed by atoms with Crippen molar-refractivity contribution in [1.29, 1.82) is 0 Å². The maximum atomic E-state index is 12.9. The number of pyridine rings is 2. The Morgan fingerprint density at radius 2 is 1.96 bits per heavy atom. The van der Waals surface area contributed by atoms with Crippen LogP contribution in [0.5, 0.6) is 0 Å². The first-order valence-corrected chi connectivity index (χ1v) is 7.77. The van der Waals surface area contributed by atoms with Gasteiger partial charge < -0.3 is 4.98 Å². The highest BCUT2D eigenvalue weighted by atomic mass is 79.9. The summed E-state index contributed by atoms with van der Waals surface area (Å²) in [6, 6.07) is 8.80. The van der Waals surface area contributed by atoms with Crippen LogP contribution in [0, 0.1) is 5.82 Å². The number of aromatic amines is 1. The van der Waals surface area contributed by atoms with Gasteiger partial charge in [-0.05, 0) is 52.7 Å². The molecule has 0 saturated carbocycles. The average Bonchev–Trinajstić information content (AvgIpc) is 2.55. The van der Waals surface area contributed by atoms with Gasteiger partial charge in [0.2, 0.25) is 0 Å². The molecule has 1 amide bonds. The third-order valence-corrected chi connectivity index (χ3v) is 3.86. The van der Waals surface area contributed by atoms with Crippen molar-refractivity contribution in [2.45, 2.75) is 6.92 Å². The van der Waals surface area contributed by atoms with Crippen LogP contribution in [0.1, 0.15) is 22.8 Å². The van der Waals surface area contributed by atoms with Crippen LogP contribution >= 0.6 is 15.9 Å². The predicted octanol–water partition coefficient (Wildman–Crippen LogP) is 3.47. The van der Waals surface area contributed by atoms with E-state index in [1.165, 1.54) is 30.3 Å². The van der Waals surface area contributed by atoms with Crippen molar-refractivity contribution in [1.82, 2.24) is 9.97 Å². The zero-order valence-corrected chi connectivity index (χ0v) is 14.1. The van der Waals surface area contributed by atoms with Crippen LogP contribution in [0.2, 0.25) is 0 Å². The average molecular weight is 388 g/mol. The topological polar surface area (TPSA) is 75.2 Å². The largest absolute Gasteiger partial charge is 0.306 e. The van der Waals surface area contributed by atoms with Gasteiger partial charge in [0.25, 0.3) is 11.5 Å². The highest BCUT2D eigenvalue weighted by molar-refractivity contribution is 9.10. The molecule has 0 unspecified atom stereocenters. The van der Waals surface area contributed by atoms with E-state index in [0.717, 1.165) is 4.47 Å². The highest BCUT2D eigenvalue weighted by Crippen LogP contribution is 2.16. The minimum atomic E-state index is -0.667. The number of nitrogens with zero attached hydrogens (tertiary/aromatic N) is 2. The molecule has 0 aliphatic rings. The lowest BCUT2D eigenvalue weighted by molar-refractivity contribution is 0.100. The van der Waals surface area contributed by atoms with Gasteiger partial charge in [0, 0.05) is 21.8 Å². The number of aliphatic imine (C=N–C) groups is 1. The van der Waals surface area contributed by atoms with Crippen molar-refractivity contribution >= 4 is 38.6 Å². The van der Waals surface area contributed by atoms with Crippen molar-refractivity contribution in [2.75, 3.05) is 0 Å². The Morgan fingerprint density at radius 1 is 1.25 bits per heavy atom. The van der Waals surface area contributed by atoms with E-state index in [-0.39, 0.29) is 11.4 Å². The second-order valence-corrected chi connectivity index (χ2v) is 6.03. The Balaban J connectivity index is 2.01. The van der Waals surface area contributed by atoms with Gasteiger partial charge in [-0.1, -0.05) is 12.1 Å². The summed E-state index contributed by atoms with van der Waals surface area (Å²) in [7, 11) is 0. The number of hydrogen-bond donors (Lipinski definition) is 1. The summed E-state index contributed by atoms with van der Waals surface area (Å²) >= 11 is 3.29. The molecule has 3 rings (SSSR count). The Bertz CT molecular complexity index is 1030. The lowest BCUT2D eigenvalue weighted by Crippen LogP contribution is -2.17. The molecule has 0 bridgehead atoms. The molecule has 2 aromatic heterocycles. The zero-order valence-electron chi connectivity index (χ0n) is 12.5. The molecular weight excluding hydrogens is 377 g/mol. The summed E-state index contributed by atoms with van der Waals surface area (Å²) in [4.78, 5) is 35.0. The number of aromatic nitrogens is 2. The van der Waals surface area contributed by atoms with Gasteiger partial charge in [0.15, 0.2) is 0 Å². The minimum Gasteiger partial charge on any atom is -0.306 e. The van der Waals surface area contributed by atoms with E-state index in [1.54, 1.807) is 19.2 Å². The molecule has 24 heavy (non-hydrogen) atoms.